The number of rotatable bonds is 8. The minimum Gasteiger partial charge on any atom is -0.415 e. The maximum absolute atomic E-state index is 6.69. The molecule has 2 aromatic rings. The first-order valence-corrected chi connectivity index (χ1v) is 13.7. The van der Waals surface area contributed by atoms with Crippen LogP contribution in [0.3, 0.4) is 0 Å². The zero-order chi connectivity index (χ0) is 21.1. The van der Waals surface area contributed by atoms with Crippen molar-refractivity contribution in [3.05, 3.63) is 41.1 Å². The van der Waals surface area contributed by atoms with Crippen LogP contribution in [0.5, 0.6) is 0 Å². The normalized spacial score (nSPS) is 14.1. The summed E-state index contributed by atoms with van der Waals surface area (Å²) in [6.07, 6.45) is 0.965. The summed E-state index contributed by atoms with van der Waals surface area (Å²) >= 11 is 0. The Labute approximate surface area is 173 Å². The molecule has 0 N–H and O–H groups in total. The van der Waals surface area contributed by atoms with Crippen molar-refractivity contribution in [2.24, 2.45) is 0 Å². The maximum Gasteiger partial charge on any atom is 0.192 e. The summed E-state index contributed by atoms with van der Waals surface area (Å²) in [6, 6.07) is 9.13. The topological polar surface area (TPSA) is 25.4 Å². The number of aryl methyl sites for hydroxylation is 2. The van der Waals surface area contributed by atoms with Gasteiger partial charge in [-0.15, -0.1) is 0 Å². The van der Waals surface area contributed by atoms with Gasteiger partial charge in [0.15, 0.2) is 8.32 Å². The third-order valence-electron chi connectivity index (χ3n) is 6.53. The van der Waals surface area contributed by atoms with E-state index in [0.29, 0.717) is 0 Å². The van der Waals surface area contributed by atoms with Gasteiger partial charge in [0, 0.05) is 11.1 Å². The van der Waals surface area contributed by atoms with Gasteiger partial charge in [0.25, 0.3) is 0 Å². The number of hydrogen-bond donors (Lipinski definition) is 0. The Morgan fingerprint density at radius 3 is 2.29 bits per heavy atom. The van der Waals surface area contributed by atoms with Gasteiger partial charge in [-0.2, -0.15) is 0 Å². The van der Waals surface area contributed by atoms with Gasteiger partial charge in [0.2, 0.25) is 0 Å². The first-order chi connectivity index (χ1) is 13.1. The highest BCUT2D eigenvalue weighted by molar-refractivity contribution is 6.74. The third kappa shape index (κ3) is 4.84. The van der Waals surface area contributed by atoms with Gasteiger partial charge in [0.05, 0.1) is 18.2 Å². The molecule has 3 nitrogen and oxygen atoms in total. The van der Waals surface area contributed by atoms with E-state index in [0.717, 1.165) is 31.6 Å². The molecule has 156 valence electrons. The Bertz CT molecular complexity index is 791. The van der Waals surface area contributed by atoms with Crippen LogP contribution in [0.1, 0.15) is 64.4 Å². The van der Waals surface area contributed by atoms with Crippen LogP contribution in [0.4, 0.5) is 0 Å². The van der Waals surface area contributed by atoms with Crippen LogP contribution in [0.15, 0.2) is 24.3 Å². The molecule has 0 bridgehead atoms. The van der Waals surface area contributed by atoms with Gasteiger partial charge in [-0.05, 0) is 61.8 Å². The highest BCUT2D eigenvalue weighted by Crippen LogP contribution is 2.38. The SMILES string of the molecule is CCc1nc2c(C(CO[Si](C)(C)C(C)(C)C)N(CC)CC)cccc2cc1C. The Kier molecular flexibility index (Phi) is 7.46. The summed E-state index contributed by atoms with van der Waals surface area (Å²) < 4.78 is 6.69. The van der Waals surface area contributed by atoms with Crippen LogP contribution < -0.4 is 0 Å². The highest BCUT2D eigenvalue weighted by Gasteiger charge is 2.38. The molecule has 1 aromatic heterocycles. The summed E-state index contributed by atoms with van der Waals surface area (Å²) in [5.74, 6) is 0. The molecule has 0 aliphatic carbocycles. The van der Waals surface area contributed by atoms with E-state index in [9.17, 15) is 0 Å². The lowest BCUT2D eigenvalue weighted by atomic mass is 9.99. The fourth-order valence-corrected chi connectivity index (χ4v) is 4.56. The quantitative estimate of drug-likeness (QED) is 0.472. The maximum atomic E-state index is 6.69. The van der Waals surface area contributed by atoms with E-state index >= 15 is 0 Å². The zero-order valence-electron chi connectivity index (χ0n) is 19.5. The summed E-state index contributed by atoms with van der Waals surface area (Å²) in [5, 5.41) is 1.45. The molecule has 0 aliphatic heterocycles. The van der Waals surface area contributed by atoms with Gasteiger partial charge in [-0.3, -0.25) is 9.88 Å². The van der Waals surface area contributed by atoms with E-state index in [-0.39, 0.29) is 11.1 Å². The second-order valence-corrected chi connectivity index (χ2v) is 14.1. The Morgan fingerprint density at radius 2 is 1.75 bits per heavy atom. The molecule has 1 heterocycles. The smallest absolute Gasteiger partial charge is 0.192 e. The minimum atomic E-state index is -1.81. The Morgan fingerprint density at radius 1 is 1.11 bits per heavy atom. The monoisotopic (exact) mass is 400 g/mol. The molecule has 1 aromatic carbocycles. The van der Waals surface area contributed by atoms with E-state index in [2.05, 4.69) is 90.7 Å². The molecule has 0 fully saturated rings. The van der Waals surface area contributed by atoms with Crippen LogP contribution in [0.2, 0.25) is 18.1 Å². The molecule has 0 spiro atoms. The summed E-state index contributed by atoms with van der Waals surface area (Å²) in [6.45, 7) is 23.2. The number of benzene rings is 1. The average Bonchev–Trinajstić information content (AvgIpc) is 2.63. The molecule has 1 atom stereocenters. The Balaban J connectivity index is 2.52. The van der Waals surface area contributed by atoms with E-state index in [1.54, 1.807) is 0 Å². The zero-order valence-corrected chi connectivity index (χ0v) is 20.5. The van der Waals surface area contributed by atoms with Crippen LogP contribution in [0.25, 0.3) is 10.9 Å². The lowest BCUT2D eigenvalue weighted by Crippen LogP contribution is -2.43. The number of nitrogens with zero attached hydrogens (tertiary/aromatic N) is 2. The average molecular weight is 401 g/mol. The van der Waals surface area contributed by atoms with Gasteiger partial charge in [-0.25, -0.2) is 0 Å². The van der Waals surface area contributed by atoms with Gasteiger partial charge < -0.3 is 4.43 Å². The molecule has 28 heavy (non-hydrogen) atoms. The molecule has 2 rings (SSSR count). The highest BCUT2D eigenvalue weighted by atomic mass is 28.4. The predicted molar refractivity (Wildman–Crippen MR) is 125 cm³/mol. The molecule has 1 unspecified atom stereocenters. The van der Waals surface area contributed by atoms with Gasteiger partial charge in [0.1, 0.15) is 0 Å². The van der Waals surface area contributed by atoms with E-state index in [1.807, 2.05) is 0 Å². The lowest BCUT2D eigenvalue weighted by molar-refractivity contribution is 0.138. The summed E-state index contributed by atoms with van der Waals surface area (Å²) in [7, 11) is -1.81. The number of aromatic nitrogens is 1. The van der Waals surface area contributed by atoms with E-state index < -0.39 is 8.32 Å². The lowest BCUT2D eigenvalue weighted by Gasteiger charge is -2.39. The number of hydrogen-bond acceptors (Lipinski definition) is 3. The Hall–Kier alpha value is -1.23. The molecule has 0 saturated carbocycles. The molecule has 4 heteroatoms. The van der Waals surface area contributed by atoms with Crippen molar-refractivity contribution in [2.75, 3.05) is 19.7 Å². The number of fused-ring (bicyclic) bond motifs is 1. The molecule has 0 aliphatic rings. The largest absolute Gasteiger partial charge is 0.415 e. The van der Waals surface area contributed by atoms with Crippen molar-refractivity contribution >= 4 is 19.2 Å². The van der Waals surface area contributed by atoms with Crippen LogP contribution in [-0.2, 0) is 10.8 Å². The second kappa shape index (κ2) is 9.06. The van der Waals surface area contributed by atoms with Crippen LogP contribution in [-0.4, -0.2) is 37.9 Å². The van der Waals surface area contributed by atoms with Crippen LogP contribution >= 0.6 is 0 Å². The molecule has 0 saturated heterocycles. The molecule has 0 radical (unpaired) electrons. The fourth-order valence-electron chi connectivity index (χ4n) is 3.55. The van der Waals surface area contributed by atoms with Gasteiger partial charge >= 0.3 is 0 Å². The molecular weight excluding hydrogens is 360 g/mol. The number of para-hydroxylation sites is 1. The minimum absolute atomic E-state index is 0.213. The first-order valence-electron chi connectivity index (χ1n) is 10.8. The predicted octanol–water partition coefficient (Wildman–Crippen LogP) is 6.51. The fraction of sp³-hybridized carbons (Fsp3) is 0.625. The van der Waals surface area contributed by atoms with Crippen molar-refractivity contribution in [1.82, 2.24) is 9.88 Å². The van der Waals surface area contributed by atoms with Crippen molar-refractivity contribution in [1.29, 1.82) is 0 Å². The summed E-state index contributed by atoms with van der Waals surface area (Å²) in [4.78, 5) is 7.60. The van der Waals surface area contributed by atoms with Crippen LogP contribution in [0, 0.1) is 6.92 Å². The number of likely N-dealkylation sites (N-methyl/N-ethyl adjacent to an activating group) is 1. The van der Waals surface area contributed by atoms with E-state index in [1.165, 1.54) is 22.2 Å². The number of pyridine rings is 1. The third-order valence-corrected chi connectivity index (χ3v) is 11.0. The van der Waals surface area contributed by atoms with Crippen molar-refractivity contribution in [3.63, 3.8) is 0 Å². The van der Waals surface area contributed by atoms with Crippen molar-refractivity contribution in [3.8, 4) is 0 Å². The van der Waals surface area contributed by atoms with Gasteiger partial charge in [-0.1, -0.05) is 59.7 Å². The molecular formula is C24H40N2OSi. The van der Waals surface area contributed by atoms with Crippen molar-refractivity contribution in [2.45, 2.75) is 79.1 Å². The second-order valence-electron chi connectivity index (χ2n) is 9.33. The standard InChI is InChI=1S/C24H40N2OSi/c1-10-21-18(4)16-19-14-13-15-20(23(19)25-21)22(26(11-2)12-3)17-27-28(8,9)24(5,6)7/h13-16,22H,10-12,17H2,1-9H3. The van der Waals surface area contributed by atoms with E-state index in [4.69, 9.17) is 9.41 Å². The summed E-state index contributed by atoms with van der Waals surface area (Å²) in [5.41, 5.74) is 4.92. The van der Waals surface area contributed by atoms with Crippen molar-refractivity contribution < 1.29 is 4.43 Å². The molecule has 0 amide bonds. The first kappa shape index (κ1) is 23.0.